The van der Waals surface area contributed by atoms with Crippen molar-refractivity contribution in [2.45, 2.75) is 38.8 Å². The molecule has 0 spiro atoms. The van der Waals surface area contributed by atoms with E-state index in [1.54, 1.807) is 0 Å². The second kappa shape index (κ2) is 6.40. The van der Waals surface area contributed by atoms with Gasteiger partial charge < -0.3 is 15.5 Å². The van der Waals surface area contributed by atoms with Crippen LogP contribution >= 0.6 is 0 Å². The first-order valence-electron chi connectivity index (χ1n) is 7.42. The van der Waals surface area contributed by atoms with Crippen LogP contribution in [0.1, 0.15) is 38.3 Å². The minimum atomic E-state index is 0.168. The monoisotopic (exact) mass is 261 g/mol. The molecule has 1 heterocycles. The topological polar surface area (TPSA) is 32.5 Å². The number of hydrogen-bond donors (Lipinski definition) is 1. The largest absolute Gasteiger partial charge is 0.367 e. The van der Waals surface area contributed by atoms with Crippen molar-refractivity contribution in [3.63, 3.8) is 0 Å². The van der Waals surface area contributed by atoms with Crippen molar-refractivity contribution in [3.05, 3.63) is 29.8 Å². The normalized spacial score (nSPS) is 23.2. The van der Waals surface area contributed by atoms with Crippen LogP contribution in [0.4, 0.5) is 5.69 Å². The number of benzene rings is 1. The summed E-state index contributed by atoms with van der Waals surface area (Å²) in [5.74, 6) is 0. The molecule has 0 radical (unpaired) electrons. The summed E-state index contributed by atoms with van der Waals surface area (Å²) < 4.78 is 0. The van der Waals surface area contributed by atoms with E-state index >= 15 is 0 Å². The quantitative estimate of drug-likeness (QED) is 0.908. The summed E-state index contributed by atoms with van der Waals surface area (Å²) in [5.41, 5.74) is 8.64. The summed E-state index contributed by atoms with van der Waals surface area (Å²) in [4.78, 5) is 4.94. The van der Waals surface area contributed by atoms with Crippen molar-refractivity contribution in [1.29, 1.82) is 0 Å². The van der Waals surface area contributed by atoms with Gasteiger partial charge in [-0.15, -0.1) is 0 Å². The molecular formula is C16H27N3. The van der Waals surface area contributed by atoms with Crippen molar-refractivity contribution in [2.24, 2.45) is 5.73 Å². The van der Waals surface area contributed by atoms with Gasteiger partial charge in [-0.1, -0.05) is 19.1 Å². The molecule has 1 aliphatic heterocycles. The minimum absolute atomic E-state index is 0.168. The molecule has 0 aromatic heterocycles. The Labute approximate surface area is 117 Å². The van der Waals surface area contributed by atoms with E-state index in [0.717, 1.165) is 19.5 Å². The lowest BCUT2D eigenvalue weighted by atomic mass is 10.0. The highest BCUT2D eigenvalue weighted by Gasteiger charge is 2.19. The molecule has 3 heteroatoms. The van der Waals surface area contributed by atoms with Gasteiger partial charge in [-0.2, -0.15) is 0 Å². The molecule has 0 amide bonds. The number of nitrogens with zero attached hydrogens (tertiary/aromatic N) is 2. The smallest absolute Gasteiger partial charge is 0.0388 e. The van der Waals surface area contributed by atoms with E-state index in [9.17, 15) is 0 Å². The van der Waals surface area contributed by atoms with E-state index in [2.05, 4.69) is 55.0 Å². The Balaban J connectivity index is 2.12. The Hall–Kier alpha value is -1.06. The SMILES string of the molecule is CCC(N)c1ccc(N2CCCN(C)CC2C)cc1. The number of likely N-dealkylation sites (N-methyl/N-ethyl adjacent to an activating group) is 1. The van der Waals surface area contributed by atoms with Crippen molar-refractivity contribution in [2.75, 3.05) is 31.6 Å². The first-order valence-corrected chi connectivity index (χ1v) is 7.42. The van der Waals surface area contributed by atoms with Gasteiger partial charge in [0.15, 0.2) is 0 Å². The third-order valence-corrected chi connectivity index (χ3v) is 4.14. The van der Waals surface area contributed by atoms with E-state index in [-0.39, 0.29) is 6.04 Å². The molecule has 2 rings (SSSR count). The Morgan fingerprint density at radius 2 is 1.95 bits per heavy atom. The predicted molar refractivity (Wildman–Crippen MR) is 82.6 cm³/mol. The molecule has 0 saturated carbocycles. The van der Waals surface area contributed by atoms with Crippen LogP contribution in [0.3, 0.4) is 0 Å². The van der Waals surface area contributed by atoms with Crippen LogP contribution in [0.5, 0.6) is 0 Å². The highest BCUT2D eigenvalue weighted by atomic mass is 15.2. The Morgan fingerprint density at radius 3 is 2.58 bits per heavy atom. The zero-order chi connectivity index (χ0) is 13.8. The lowest BCUT2D eigenvalue weighted by Gasteiger charge is -2.30. The maximum atomic E-state index is 6.07. The Bertz CT molecular complexity index is 387. The first-order chi connectivity index (χ1) is 9.11. The summed E-state index contributed by atoms with van der Waals surface area (Å²) in [6.07, 6.45) is 2.22. The number of nitrogens with two attached hydrogens (primary N) is 1. The third kappa shape index (κ3) is 3.48. The Kier molecular flexibility index (Phi) is 4.83. The number of anilines is 1. The van der Waals surface area contributed by atoms with E-state index in [0.29, 0.717) is 6.04 Å². The van der Waals surface area contributed by atoms with Crippen LogP contribution in [-0.2, 0) is 0 Å². The standard InChI is InChI=1S/C16H27N3/c1-4-16(17)14-6-8-15(9-7-14)19-11-5-10-18(3)12-13(19)2/h6-9,13,16H,4-5,10-12,17H2,1-3H3. The fourth-order valence-corrected chi connectivity index (χ4v) is 2.90. The third-order valence-electron chi connectivity index (χ3n) is 4.14. The minimum Gasteiger partial charge on any atom is -0.367 e. The summed E-state index contributed by atoms with van der Waals surface area (Å²) in [5, 5.41) is 0. The fraction of sp³-hybridized carbons (Fsp3) is 0.625. The zero-order valence-electron chi connectivity index (χ0n) is 12.5. The molecule has 19 heavy (non-hydrogen) atoms. The Morgan fingerprint density at radius 1 is 1.26 bits per heavy atom. The average Bonchev–Trinajstić information content (AvgIpc) is 2.58. The molecule has 0 bridgehead atoms. The van der Waals surface area contributed by atoms with Gasteiger partial charge in [0.1, 0.15) is 0 Å². The predicted octanol–water partition coefficient (Wildman–Crippen LogP) is 2.63. The van der Waals surface area contributed by atoms with Crippen LogP contribution in [0.15, 0.2) is 24.3 Å². The molecule has 2 atom stereocenters. The van der Waals surface area contributed by atoms with Crippen molar-refractivity contribution >= 4 is 5.69 Å². The maximum Gasteiger partial charge on any atom is 0.0388 e. The van der Waals surface area contributed by atoms with Gasteiger partial charge >= 0.3 is 0 Å². The molecule has 3 nitrogen and oxygen atoms in total. The summed E-state index contributed by atoms with van der Waals surface area (Å²) in [7, 11) is 2.21. The van der Waals surface area contributed by atoms with E-state index in [1.807, 2.05) is 0 Å². The summed E-state index contributed by atoms with van der Waals surface area (Å²) in [6.45, 7) is 7.92. The van der Waals surface area contributed by atoms with Crippen LogP contribution in [0.2, 0.25) is 0 Å². The molecule has 2 N–H and O–H groups in total. The van der Waals surface area contributed by atoms with Gasteiger partial charge in [-0.25, -0.2) is 0 Å². The van der Waals surface area contributed by atoms with Crippen molar-refractivity contribution in [1.82, 2.24) is 4.90 Å². The zero-order valence-corrected chi connectivity index (χ0v) is 12.5. The highest BCUT2D eigenvalue weighted by molar-refractivity contribution is 5.49. The van der Waals surface area contributed by atoms with Crippen molar-refractivity contribution in [3.8, 4) is 0 Å². The first kappa shape index (κ1) is 14.4. The van der Waals surface area contributed by atoms with E-state index in [1.165, 1.54) is 24.2 Å². The van der Waals surface area contributed by atoms with Gasteiger partial charge in [0.2, 0.25) is 0 Å². The molecule has 106 valence electrons. The lowest BCUT2D eigenvalue weighted by molar-refractivity contribution is 0.337. The van der Waals surface area contributed by atoms with Crippen molar-refractivity contribution < 1.29 is 0 Å². The van der Waals surface area contributed by atoms with Gasteiger partial charge in [-0.05, 0) is 51.1 Å². The van der Waals surface area contributed by atoms with E-state index < -0.39 is 0 Å². The van der Waals surface area contributed by atoms with E-state index in [4.69, 9.17) is 5.73 Å². The molecule has 0 aliphatic carbocycles. The van der Waals surface area contributed by atoms with Crippen LogP contribution < -0.4 is 10.6 Å². The van der Waals surface area contributed by atoms with Gasteiger partial charge in [0.25, 0.3) is 0 Å². The molecule has 2 unspecified atom stereocenters. The number of rotatable bonds is 3. The molecule has 1 saturated heterocycles. The summed E-state index contributed by atoms with van der Waals surface area (Å²) >= 11 is 0. The van der Waals surface area contributed by atoms with Gasteiger partial charge in [-0.3, -0.25) is 0 Å². The highest BCUT2D eigenvalue weighted by Crippen LogP contribution is 2.23. The lowest BCUT2D eigenvalue weighted by Crippen LogP contribution is -2.37. The van der Waals surface area contributed by atoms with Crippen LogP contribution in [0.25, 0.3) is 0 Å². The fourth-order valence-electron chi connectivity index (χ4n) is 2.90. The second-order valence-electron chi connectivity index (χ2n) is 5.76. The molecule has 1 aliphatic rings. The molecule has 1 aromatic carbocycles. The number of hydrogen-bond acceptors (Lipinski definition) is 3. The molecular weight excluding hydrogens is 234 g/mol. The van der Waals surface area contributed by atoms with Gasteiger partial charge in [0, 0.05) is 30.9 Å². The molecule has 1 fully saturated rings. The molecule has 1 aromatic rings. The van der Waals surface area contributed by atoms with Gasteiger partial charge in [0.05, 0.1) is 0 Å². The maximum absolute atomic E-state index is 6.07. The summed E-state index contributed by atoms with van der Waals surface area (Å²) in [6, 6.07) is 9.56. The second-order valence-corrected chi connectivity index (χ2v) is 5.76. The van der Waals surface area contributed by atoms with Crippen LogP contribution in [-0.4, -0.2) is 37.6 Å². The van der Waals surface area contributed by atoms with Crippen LogP contribution in [0, 0.1) is 0 Å². The average molecular weight is 261 g/mol.